The van der Waals surface area contributed by atoms with Crippen molar-refractivity contribution in [1.29, 1.82) is 0 Å². The summed E-state index contributed by atoms with van der Waals surface area (Å²) < 4.78 is 5.79. The van der Waals surface area contributed by atoms with E-state index in [9.17, 15) is 20.2 Å². The lowest BCUT2D eigenvalue weighted by molar-refractivity contribution is -0.385. The van der Waals surface area contributed by atoms with Gasteiger partial charge in [-0.05, 0) is 24.3 Å². The van der Waals surface area contributed by atoms with E-state index in [4.69, 9.17) is 4.74 Å². The molecule has 1 aliphatic rings. The Morgan fingerprint density at radius 2 is 1.38 bits per heavy atom. The molecule has 0 unspecified atom stereocenters. The molecule has 3 aromatic carbocycles. The number of nitrogens with zero attached hydrogens (tertiary/aromatic N) is 3. The van der Waals surface area contributed by atoms with Crippen LogP contribution in [-0.4, -0.2) is 9.85 Å². The number of fused-ring (bicyclic) bond motifs is 2. The standard InChI is InChI=1S/C18H11N3O5/c22-20(23)13-7-9-17-16(10-13)19(12-4-2-1-3-5-12)15-8-6-14(21(24)25)11-18(15)26-17/h1-11H. The van der Waals surface area contributed by atoms with Crippen LogP contribution in [0.4, 0.5) is 28.4 Å². The molecule has 0 aliphatic carbocycles. The van der Waals surface area contributed by atoms with Crippen LogP contribution in [0.2, 0.25) is 0 Å². The van der Waals surface area contributed by atoms with E-state index in [2.05, 4.69) is 0 Å². The summed E-state index contributed by atoms with van der Waals surface area (Å²) in [6.45, 7) is 0. The Labute approximate surface area is 147 Å². The summed E-state index contributed by atoms with van der Waals surface area (Å²) in [6, 6.07) is 17.8. The molecule has 1 heterocycles. The van der Waals surface area contributed by atoms with Crippen molar-refractivity contribution in [3.8, 4) is 11.5 Å². The monoisotopic (exact) mass is 349 g/mol. The zero-order chi connectivity index (χ0) is 18.3. The normalized spacial score (nSPS) is 11.9. The van der Waals surface area contributed by atoms with Crippen molar-refractivity contribution in [3.05, 3.63) is 87.0 Å². The first-order chi connectivity index (χ1) is 12.5. The maximum atomic E-state index is 11.2. The Morgan fingerprint density at radius 3 is 2.08 bits per heavy atom. The SMILES string of the molecule is O=[N+]([O-])c1ccc2c(c1)Oc1ccc([N+](=O)[O-])cc1N2c1ccccc1. The van der Waals surface area contributed by atoms with Crippen LogP contribution in [0.1, 0.15) is 0 Å². The lowest BCUT2D eigenvalue weighted by Crippen LogP contribution is -2.16. The smallest absolute Gasteiger partial charge is 0.273 e. The summed E-state index contributed by atoms with van der Waals surface area (Å²) in [6.07, 6.45) is 0. The molecule has 26 heavy (non-hydrogen) atoms. The molecular formula is C18H11N3O5. The van der Waals surface area contributed by atoms with Gasteiger partial charge in [0.05, 0.1) is 27.3 Å². The molecule has 8 heteroatoms. The number of ether oxygens (including phenoxy) is 1. The van der Waals surface area contributed by atoms with Gasteiger partial charge in [0.25, 0.3) is 11.4 Å². The maximum absolute atomic E-state index is 11.2. The summed E-state index contributed by atoms with van der Waals surface area (Å²) in [4.78, 5) is 23.0. The zero-order valence-electron chi connectivity index (χ0n) is 13.2. The van der Waals surface area contributed by atoms with Crippen molar-refractivity contribution >= 4 is 28.4 Å². The van der Waals surface area contributed by atoms with Crippen molar-refractivity contribution in [1.82, 2.24) is 0 Å². The third-order valence-corrected chi connectivity index (χ3v) is 4.02. The first kappa shape index (κ1) is 15.6. The molecular weight excluding hydrogens is 338 g/mol. The number of anilines is 3. The first-order valence-corrected chi connectivity index (χ1v) is 7.64. The molecule has 128 valence electrons. The third kappa shape index (κ3) is 2.49. The number of benzene rings is 3. The van der Waals surface area contributed by atoms with Gasteiger partial charge in [-0.1, -0.05) is 18.2 Å². The summed E-state index contributed by atoms with van der Waals surface area (Å²) in [5.41, 5.74) is 1.65. The number of non-ortho nitro benzene ring substituents is 2. The third-order valence-electron chi connectivity index (χ3n) is 4.02. The van der Waals surface area contributed by atoms with Gasteiger partial charge in [0, 0.05) is 23.9 Å². The number of nitro groups is 2. The van der Waals surface area contributed by atoms with Crippen LogP contribution in [0.25, 0.3) is 0 Å². The van der Waals surface area contributed by atoms with Crippen LogP contribution in [-0.2, 0) is 0 Å². The quantitative estimate of drug-likeness (QED) is 0.378. The van der Waals surface area contributed by atoms with Crippen LogP contribution in [0.3, 0.4) is 0 Å². The van der Waals surface area contributed by atoms with Crippen molar-refractivity contribution in [2.45, 2.75) is 0 Å². The van der Waals surface area contributed by atoms with Gasteiger partial charge >= 0.3 is 0 Å². The highest BCUT2D eigenvalue weighted by molar-refractivity contribution is 5.87. The Balaban J connectivity index is 1.95. The highest BCUT2D eigenvalue weighted by Crippen LogP contribution is 2.51. The van der Waals surface area contributed by atoms with Gasteiger partial charge in [-0.15, -0.1) is 0 Å². The largest absolute Gasteiger partial charge is 0.453 e. The topological polar surface area (TPSA) is 98.8 Å². The van der Waals surface area contributed by atoms with Gasteiger partial charge in [-0.2, -0.15) is 0 Å². The molecule has 0 saturated heterocycles. The fourth-order valence-electron chi connectivity index (χ4n) is 2.87. The zero-order valence-corrected chi connectivity index (χ0v) is 13.2. The average molecular weight is 349 g/mol. The molecule has 0 fully saturated rings. The van der Waals surface area contributed by atoms with E-state index in [1.807, 2.05) is 30.3 Å². The minimum atomic E-state index is -0.498. The second-order valence-electron chi connectivity index (χ2n) is 5.59. The van der Waals surface area contributed by atoms with Crippen molar-refractivity contribution in [2.75, 3.05) is 4.90 Å². The van der Waals surface area contributed by atoms with E-state index < -0.39 is 9.85 Å². The minimum Gasteiger partial charge on any atom is -0.453 e. The molecule has 0 bridgehead atoms. The second-order valence-corrected chi connectivity index (χ2v) is 5.59. The molecule has 0 atom stereocenters. The lowest BCUT2D eigenvalue weighted by Gasteiger charge is -2.32. The van der Waals surface area contributed by atoms with E-state index in [-0.39, 0.29) is 11.4 Å². The van der Waals surface area contributed by atoms with Gasteiger partial charge in [-0.3, -0.25) is 20.2 Å². The van der Waals surface area contributed by atoms with Gasteiger partial charge in [0.2, 0.25) is 0 Å². The number of hydrogen-bond acceptors (Lipinski definition) is 6. The molecule has 0 spiro atoms. The van der Waals surface area contributed by atoms with Gasteiger partial charge < -0.3 is 9.64 Å². The number of nitro benzene ring substituents is 2. The molecule has 0 aromatic heterocycles. The van der Waals surface area contributed by atoms with E-state index in [0.29, 0.717) is 22.9 Å². The molecule has 8 nitrogen and oxygen atoms in total. The fraction of sp³-hybridized carbons (Fsp3) is 0. The minimum absolute atomic E-state index is 0.0707. The molecule has 1 aliphatic heterocycles. The highest BCUT2D eigenvalue weighted by Gasteiger charge is 2.29. The second kappa shape index (κ2) is 5.85. The van der Waals surface area contributed by atoms with Gasteiger partial charge in [0.1, 0.15) is 0 Å². The predicted octanol–water partition coefficient (Wildman–Crippen LogP) is 5.08. The lowest BCUT2D eigenvalue weighted by atomic mass is 10.1. The molecule has 0 saturated carbocycles. The Kier molecular flexibility index (Phi) is 3.51. The van der Waals surface area contributed by atoms with Crippen molar-refractivity contribution < 1.29 is 14.6 Å². The van der Waals surface area contributed by atoms with Crippen LogP contribution >= 0.6 is 0 Å². The molecule has 4 rings (SSSR count). The van der Waals surface area contributed by atoms with E-state index in [1.54, 1.807) is 11.0 Å². The fourth-order valence-corrected chi connectivity index (χ4v) is 2.87. The maximum Gasteiger partial charge on any atom is 0.273 e. The van der Waals surface area contributed by atoms with Crippen LogP contribution in [0, 0.1) is 20.2 Å². The van der Waals surface area contributed by atoms with E-state index in [1.165, 1.54) is 30.3 Å². The molecule has 3 aromatic rings. The predicted molar refractivity (Wildman–Crippen MR) is 94.5 cm³/mol. The molecule has 0 radical (unpaired) electrons. The summed E-state index contributed by atoms with van der Waals surface area (Å²) in [5, 5.41) is 22.2. The van der Waals surface area contributed by atoms with Crippen LogP contribution in [0.15, 0.2) is 66.7 Å². The Hall–Kier alpha value is -3.94. The van der Waals surface area contributed by atoms with E-state index >= 15 is 0 Å². The average Bonchev–Trinajstić information content (AvgIpc) is 2.65. The summed E-state index contributed by atoms with van der Waals surface area (Å²) in [7, 11) is 0. The summed E-state index contributed by atoms with van der Waals surface area (Å²) >= 11 is 0. The van der Waals surface area contributed by atoms with E-state index in [0.717, 1.165) is 5.69 Å². The number of para-hydroxylation sites is 1. The van der Waals surface area contributed by atoms with Crippen molar-refractivity contribution in [2.24, 2.45) is 0 Å². The highest BCUT2D eigenvalue weighted by atomic mass is 16.6. The molecule has 0 amide bonds. The summed E-state index contributed by atoms with van der Waals surface area (Å²) in [5.74, 6) is 0.692. The first-order valence-electron chi connectivity index (χ1n) is 7.64. The van der Waals surface area contributed by atoms with Gasteiger partial charge in [-0.25, -0.2) is 0 Å². The van der Waals surface area contributed by atoms with Gasteiger partial charge in [0.15, 0.2) is 11.5 Å². The number of hydrogen-bond donors (Lipinski definition) is 0. The Bertz CT molecular complexity index is 1040. The number of rotatable bonds is 3. The Morgan fingerprint density at radius 1 is 0.731 bits per heavy atom. The van der Waals surface area contributed by atoms with Crippen LogP contribution < -0.4 is 9.64 Å². The molecule has 0 N–H and O–H groups in total. The van der Waals surface area contributed by atoms with Crippen LogP contribution in [0.5, 0.6) is 11.5 Å². The van der Waals surface area contributed by atoms with Crippen molar-refractivity contribution in [3.63, 3.8) is 0 Å².